The Hall–Kier alpha value is -1.81. The molecule has 0 heterocycles. The Labute approximate surface area is 133 Å². The first kappa shape index (κ1) is 15.6. The predicted molar refractivity (Wildman–Crippen MR) is 89.8 cm³/mol. The summed E-state index contributed by atoms with van der Waals surface area (Å²) < 4.78 is 0.995. The van der Waals surface area contributed by atoms with Crippen molar-refractivity contribution in [2.75, 3.05) is 12.3 Å². The van der Waals surface area contributed by atoms with Crippen molar-refractivity contribution in [2.45, 2.75) is 19.9 Å². The van der Waals surface area contributed by atoms with Crippen LogP contribution < -0.4 is 5.73 Å². The van der Waals surface area contributed by atoms with Crippen molar-refractivity contribution in [2.24, 2.45) is 0 Å². The monoisotopic (exact) mass is 346 g/mol. The van der Waals surface area contributed by atoms with Gasteiger partial charge in [-0.25, -0.2) is 0 Å². The van der Waals surface area contributed by atoms with E-state index in [-0.39, 0.29) is 5.91 Å². The van der Waals surface area contributed by atoms with E-state index in [0.29, 0.717) is 19.5 Å². The Balaban J connectivity index is 2.03. The molecule has 0 aromatic heterocycles. The minimum atomic E-state index is 0.132. The Bertz CT molecular complexity index is 610. The largest absolute Gasteiger partial charge is 0.399 e. The van der Waals surface area contributed by atoms with E-state index < -0.39 is 0 Å². The zero-order valence-electron chi connectivity index (χ0n) is 12.1. The van der Waals surface area contributed by atoms with Gasteiger partial charge in [-0.1, -0.05) is 40.2 Å². The number of carbonyl (C=O) groups excluding carboxylic acids is 1. The van der Waals surface area contributed by atoms with Gasteiger partial charge in [-0.15, -0.1) is 0 Å². The van der Waals surface area contributed by atoms with E-state index in [0.717, 1.165) is 21.3 Å². The summed E-state index contributed by atoms with van der Waals surface area (Å²) in [5.41, 5.74) is 8.53. The van der Waals surface area contributed by atoms with Crippen LogP contribution in [0.15, 0.2) is 53.0 Å². The van der Waals surface area contributed by atoms with Crippen LogP contribution in [-0.4, -0.2) is 17.4 Å². The molecular formula is C17H19BrN2O. The highest BCUT2D eigenvalue weighted by molar-refractivity contribution is 9.10. The van der Waals surface area contributed by atoms with Crippen molar-refractivity contribution >= 4 is 27.5 Å². The normalized spacial score (nSPS) is 10.4. The second-order valence-electron chi connectivity index (χ2n) is 4.96. The number of nitrogens with zero attached hydrogens (tertiary/aromatic N) is 1. The maximum Gasteiger partial charge on any atom is 0.227 e. The first-order valence-electron chi connectivity index (χ1n) is 6.95. The molecule has 4 heteroatoms. The number of benzene rings is 2. The van der Waals surface area contributed by atoms with Crippen LogP contribution in [0.3, 0.4) is 0 Å². The molecule has 3 nitrogen and oxygen atoms in total. The molecule has 2 aromatic rings. The lowest BCUT2D eigenvalue weighted by molar-refractivity contribution is -0.130. The fourth-order valence-corrected chi connectivity index (χ4v) is 2.60. The molecule has 1 amide bonds. The van der Waals surface area contributed by atoms with Crippen LogP contribution in [0.1, 0.15) is 18.1 Å². The lowest BCUT2D eigenvalue weighted by Crippen LogP contribution is -2.31. The molecule has 2 aromatic carbocycles. The van der Waals surface area contributed by atoms with Crippen molar-refractivity contribution < 1.29 is 4.79 Å². The van der Waals surface area contributed by atoms with Crippen molar-refractivity contribution in [3.05, 3.63) is 64.1 Å². The van der Waals surface area contributed by atoms with Crippen molar-refractivity contribution in [3.8, 4) is 0 Å². The van der Waals surface area contributed by atoms with E-state index in [9.17, 15) is 4.79 Å². The highest BCUT2D eigenvalue weighted by Crippen LogP contribution is 2.14. The summed E-state index contributed by atoms with van der Waals surface area (Å²) >= 11 is 3.43. The third-order valence-corrected chi connectivity index (χ3v) is 3.83. The van der Waals surface area contributed by atoms with Gasteiger partial charge < -0.3 is 10.6 Å². The molecule has 0 aliphatic heterocycles. The fraction of sp³-hybridized carbons (Fsp3) is 0.235. The molecule has 0 saturated heterocycles. The number of hydrogen-bond acceptors (Lipinski definition) is 2. The summed E-state index contributed by atoms with van der Waals surface area (Å²) in [6.45, 7) is 3.30. The highest BCUT2D eigenvalue weighted by Gasteiger charge is 2.13. The first-order chi connectivity index (χ1) is 10.1. The predicted octanol–water partition coefficient (Wildman–Crippen LogP) is 3.62. The standard InChI is InChI=1S/C17H19BrN2O/c1-2-20(12-13-6-8-16(19)9-7-13)17(21)11-14-4-3-5-15(18)10-14/h3-10H,2,11-12,19H2,1H3. The maximum absolute atomic E-state index is 12.4. The van der Waals surface area contributed by atoms with E-state index >= 15 is 0 Å². The molecule has 0 fully saturated rings. The van der Waals surface area contributed by atoms with Crippen LogP contribution in [0.4, 0.5) is 5.69 Å². The number of carbonyl (C=O) groups is 1. The van der Waals surface area contributed by atoms with Gasteiger partial charge in [-0.3, -0.25) is 4.79 Å². The summed E-state index contributed by atoms with van der Waals surface area (Å²) in [6, 6.07) is 15.5. The third kappa shape index (κ3) is 4.60. The van der Waals surface area contributed by atoms with Gasteiger partial charge in [0.2, 0.25) is 5.91 Å². The topological polar surface area (TPSA) is 46.3 Å². The van der Waals surface area contributed by atoms with Crippen LogP contribution in [0.2, 0.25) is 0 Å². The zero-order valence-corrected chi connectivity index (χ0v) is 13.6. The van der Waals surface area contributed by atoms with Crippen molar-refractivity contribution in [3.63, 3.8) is 0 Å². The van der Waals surface area contributed by atoms with Crippen molar-refractivity contribution in [1.82, 2.24) is 4.90 Å². The molecule has 0 spiro atoms. The summed E-state index contributed by atoms with van der Waals surface area (Å²) in [4.78, 5) is 14.3. The lowest BCUT2D eigenvalue weighted by Gasteiger charge is -2.21. The third-order valence-electron chi connectivity index (χ3n) is 3.33. The van der Waals surface area contributed by atoms with Gasteiger partial charge in [0.1, 0.15) is 0 Å². The molecule has 2 N–H and O–H groups in total. The van der Waals surface area contributed by atoms with Gasteiger partial charge in [-0.05, 0) is 42.3 Å². The van der Waals surface area contributed by atoms with Gasteiger partial charge in [0.05, 0.1) is 6.42 Å². The molecule has 0 atom stereocenters. The molecule has 2 rings (SSSR count). The van der Waals surface area contributed by atoms with Gasteiger partial charge in [0.25, 0.3) is 0 Å². The molecule has 0 radical (unpaired) electrons. The van der Waals surface area contributed by atoms with Crippen LogP contribution in [0.5, 0.6) is 0 Å². The quantitative estimate of drug-likeness (QED) is 0.840. The Morgan fingerprint density at radius 3 is 2.48 bits per heavy atom. The molecule has 21 heavy (non-hydrogen) atoms. The molecule has 0 aliphatic carbocycles. The number of amides is 1. The van der Waals surface area contributed by atoms with Gasteiger partial charge in [0.15, 0.2) is 0 Å². The molecule has 0 bridgehead atoms. The average molecular weight is 347 g/mol. The second kappa shape index (κ2) is 7.27. The summed E-state index contributed by atoms with van der Waals surface area (Å²) in [6.07, 6.45) is 0.419. The maximum atomic E-state index is 12.4. The number of nitrogens with two attached hydrogens (primary N) is 1. The van der Waals surface area contributed by atoms with E-state index in [1.54, 1.807) is 0 Å². The molecule has 0 aliphatic rings. The van der Waals surface area contributed by atoms with Crippen LogP contribution >= 0.6 is 15.9 Å². The molecular weight excluding hydrogens is 328 g/mol. The Kier molecular flexibility index (Phi) is 5.39. The fourth-order valence-electron chi connectivity index (χ4n) is 2.15. The number of nitrogen functional groups attached to an aromatic ring is 1. The number of hydrogen-bond donors (Lipinski definition) is 1. The number of anilines is 1. The van der Waals surface area contributed by atoms with Gasteiger partial charge >= 0.3 is 0 Å². The minimum Gasteiger partial charge on any atom is -0.399 e. The Morgan fingerprint density at radius 2 is 1.86 bits per heavy atom. The van der Waals surface area contributed by atoms with E-state index in [1.165, 1.54) is 0 Å². The summed E-state index contributed by atoms with van der Waals surface area (Å²) in [5, 5.41) is 0. The zero-order chi connectivity index (χ0) is 15.2. The Morgan fingerprint density at radius 1 is 1.14 bits per heavy atom. The number of likely N-dealkylation sites (N-methyl/N-ethyl adjacent to an activating group) is 1. The van der Waals surface area contributed by atoms with Crippen molar-refractivity contribution in [1.29, 1.82) is 0 Å². The number of halogens is 1. The van der Waals surface area contributed by atoms with Crippen LogP contribution in [0.25, 0.3) is 0 Å². The average Bonchev–Trinajstić information content (AvgIpc) is 2.46. The number of rotatable bonds is 5. The molecule has 110 valence electrons. The van der Waals surface area contributed by atoms with E-state index in [2.05, 4.69) is 15.9 Å². The summed E-state index contributed by atoms with van der Waals surface area (Å²) in [7, 11) is 0. The second-order valence-corrected chi connectivity index (χ2v) is 5.87. The lowest BCUT2D eigenvalue weighted by atomic mass is 10.1. The van der Waals surface area contributed by atoms with Gasteiger partial charge in [0, 0.05) is 23.2 Å². The van der Waals surface area contributed by atoms with Crippen LogP contribution in [-0.2, 0) is 17.8 Å². The van der Waals surface area contributed by atoms with Crippen LogP contribution in [0, 0.1) is 0 Å². The first-order valence-corrected chi connectivity index (χ1v) is 7.74. The highest BCUT2D eigenvalue weighted by atomic mass is 79.9. The molecule has 0 saturated carbocycles. The molecule has 0 unspecified atom stereocenters. The summed E-state index contributed by atoms with van der Waals surface area (Å²) in [5.74, 6) is 0.132. The van der Waals surface area contributed by atoms with E-state index in [1.807, 2.05) is 60.4 Å². The van der Waals surface area contributed by atoms with E-state index in [4.69, 9.17) is 5.73 Å². The minimum absolute atomic E-state index is 0.132. The smallest absolute Gasteiger partial charge is 0.227 e. The SMILES string of the molecule is CCN(Cc1ccc(N)cc1)C(=O)Cc1cccc(Br)c1. The van der Waals surface area contributed by atoms with Gasteiger partial charge in [-0.2, -0.15) is 0 Å².